The fourth-order valence-electron chi connectivity index (χ4n) is 0.695. The zero-order chi connectivity index (χ0) is 9.14. The normalized spacial score (nSPS) is 15.7. The van der Waals surface area contributed by atoms with Crippen molar-refractivity contribution in [3.05, 3.63) is 11.8 Å². The van der Waals surface area contributed by atoms with Crippen molar-refractivity contribution < 1.29 is 19.8 Å². The number of carbonyl (C=O) groups is 2. The Bertz CT molecular complexity index is 281. The van der Waals surface area contributed by atoms with Crippen LogP contribution < -0.4 is 0 Å². The van der Waals surface area contributed by atoms with E-state index in [9.17, 15) is 9.59 Å². The average molecular weight is 170 g/mol. The van der Waals surface area contributed by atoms with Crippen LogP contribution in [0.1, 0.15) is 0 Å². The molecule has 0 aliphatic carbocycles. The number of carboxylic acids is 1. The maximum absolute atomic E-state index is 10.3. The fourth-order valence-corrected chi connectivity index (χ4v) is 0.695. The van der Waals surface area contributed by atoms with Gasteiger partial charge >= 0.3 is 12.1 Å². The van der Waals surface area contributed by atoms with Gasteiger partial charge in [0.25, 0.3) is 0 Å². The minimum atomic E-state index is -1.22. The zero-order valence-electron chi connectivity index (χ0n) is 5.97. The summed E-state index contributed by atoms with van der Waals surface area (Å²) in [5, 5.41) is 16.9. The predicted octanol–water partition coefficient (Wildman–Crippen LogP) is -0.0232. The van der Waals surface area contributed by atoms with E-state index in [2.05, 4.69) is 4.99 Å². The van der Waals surface area contributed by atoms with E-state index in [0.29, 0.717) is 0 Å². The third-order valence-electron chi connectivity index (χ3n) is 1.25. The van der Waals surface area contributed by atoms with Crippen LogP contribution in [0.2, 0.25) is 0 Å². The molecule has 12 heavy (non-hydrogen) atoms. The first-order valence-corrected chi connectivity index (χ1v) is 3.06. The molecule has 0 aromatic rings. The van der Waals surface area contributed by atoms with Gasteiger partial charge in [0.15, 0.2) is 0 Å². The molecule has 6 nitrogen and oxygen atoms in total. The molecule has 0 radical (unpaired) electrons. The van der Waals surface area contributed by atoms with E-state index in [0.717, 1.165) is 17.3 Å². The summed E-state index contributed by atoms with van der Waals surface area (Å²) in [7, 11) is 0. The van der Waals surface area contributed by atoms with Gasteiger partial charge in [0.1, 0.15) is 6.67 Å². The maximum Gasteiger partial charge on any atom is 0.412 e. The van der Waals surface area contributed by atoms with Gasteiger partial charge < -0.3 is 10.2 Å². The number of hydrogen-bond donors (Lipinski definition) is 2. The molecule has 6 heteroatoms. The lowest BCUT2D eigenvalue weighted by Crippen LogP contribution is -2.28. The van der Waals surface area contributed by atoms with E-state index in [1.807, 2.05) is 0 Å². The van der Waals surface area contributed by atoms with E-state index in [-0.39, 0.29) is 12.2 Å². The number of rotatable bonds is 1. The van der Waals surface area contributed by atoms with Gasteiger partial charge in [-0.1, -0.05) is 0 Å². The van der Waals surface area contributed by atoms with Crippen molar-refractivity contribution in [2.75, 3.05) is 6.67 Å². The molecule has 0 saturated heterocycles. The molecule has 0 unspecified atom stereocenters. The van der Waals surface area contributed by atoms with Crippen molar-refractivity contribution >= 4 is 18.3 Å². The predicted molar refractivity (Wildman–Crippen MR) is 38.9 cm³/mol. The van der Waals surface area contributed by atoms with Crippen molar-refractivity contribution in [2.45, 2.75) is 0 Å². The molecule has 1 rings (SSSR count). The summed E-state index contributed by atoms with van der Waals surface area (Å²) in [5.41, 5.74) is -0.136. The molecule has 1 aliphatic rings. The molecule has 1 amide bonds. The van der Waals surface area contributed by atoms with Gasteiger partial charge in [-0.25, -0.2) is 9.59 Å². The smallest absolute Gasteiger partial charge is 0.412 e. The Morgan fingerprint density at radius 3 is 2.67 bits per heavy atom. The van der Waals surface area contributed by atoms with Crippen LogP contribution in [-0.2, 0) is 4.79 Å². The highest BCUT2D eigenvalue weighted by molar-refractivity contribution is 6.09. The first-order valence-electron chi connectivity index (χ1n) is 3.06. The Hall–Kier alpha value is -1.85. The SMILES string of the molecule is O=C(O)C1=CN(C(=O)O)CN=C1. The van der Waals surface area contributed by atoms with Crippen LogP contribution in [0.25, 0.3) is 0 Å². The molecule has 0 saturated carbocycles. The Balaban J connectivity index is 2.82. The molecule has 0 aromatic heterocycles. The van der Waals surface area contributed by atoms with E-state index in [1.54, 1.807) is 0 Å². The summed E-state index contributed by atoms with van der Waals surface area (Å²) in [6.45, 7) is -0.0495. The lowest BCUT2D eigenvalue weighted by molar-refractivity contribution is -0.132. The van der Waals surface area contributed by atoms with Gasteiger partial charge in [-0.05, 0) is 0 Å². The first-order chi connectivity index (χ1) is 5.61. The summed E-state index contributed by atoms with van der Waals surface area (Å²) < 4.78 is 0. The largest absolute Gasteiger partial charge is 0.478 e. The number of aliphatic imine (C=N–C) groups is 1. The number of amides is 1. The second-order valence-corrected chi connectivity index (χ2v) is 2.10. The van der Waals surface area contributed by atoms with E-state index < -0.39 is 12.1 Å². The maximum atomic E-state index is 10.3. The van der Waals surface area contributed by atoms with E-state index in [4.69, 9.17) is 10.2 Å². The minimum absolute atomic E-state index is 0.0495. The van der Waals surface area contributed by atoms with Gasteiger partial charge in [-0.15, -0.1) is 0 Å². The highest BCUT2D eigenvalue weighted by Crippen LogP contribution is 2.03. The molecule has 0 bridgehead atoms. The molecule has 0 atom stereocenters. The second-order valence-electron chi connectivity index (χ2n) is 2.10. The minimum Gasteiger partial charge on any atom is -0.478 e. The molecule has 0 fully saturated rings. The molecule has 0 aromatic carbocycles. The first kappa shape index (κ1) is 8.25. The van der Waals surface area contributed by atoms with Gasteiger partial charge in [0.2, 0.25) is 0 Å². The third-order valence-corrected chi connectivity index (χ3v) is 1.25. The monoisotopic (exact) mass is 170 g/mol. The molecule has 2 N–H and O–H groups in total. The fraction of sp³-hybridized carbons (Fsp3) is 0.167. The van der Waals surface area contributed by atoms with Crippen molar-refractivity contribution in [1.29, 1.82) is 0 Å². The standard InChI is InChI=1S/C6H6N2O4/c9-5(10)4-1-7-3-8(2-4)6(11)12/h1-2H,3H2,(H,9,10)(H,11,12). The van der Waals surface area contributed by atoms with Crippen LogP contribution in [-0.4, -0.2) is 40.1 Å². The van der Waals surface area contributed by atoms with Crippen LogP contribution >= 0.6 is 0 Å². The molecule has 0 spiro atoms. The molecular weight excluding hydrogens is 164 g/mol. The van der Waals surface area contributed by atoms with Crippen LogP contribution in [0.15, 0.2) is 16.8 Å². The summed E-state index contributed by atoms with van der Waals surface area (Å²) in [5.74, 6) is -1.19. The summed E-state index contributed by atoms with van der Waals surface area (Å²) in [6, 6.07) is 0. The Morgan fingerprint density at radius 2 is 2.17 bits per heavy atom. The van der Waals surface area contributed by atoms with Crippen molar-refractivity contribution in [2.24, 2.45) is 4.99 Å². The van der Waals surface area contributed by atoms with Crippen LogP contribution in [0, 0.1) is 0 Å². The summed E-state index contributed by atoms with van der Waals surface area (Å²) in [4.78, 5) is 25.0. The van der Waals surface area contributed by atoms with Gasteiger partial charge in [-0.3, -0.25) is 9.89 Å². The molecule has 1 heterocycles. The number of carboxylic acid groups (broad SMARTS) is 2. The van der Waals surface area contributed by atoms with E-state index in [1.165, 1.54) is 0 Å². The number of hydrogen-bond acceptors (Lipinski definition) is 3. The molecular formula is C6H6N2O4. The Labute approximate surface area is 67.4 Å². The topological polar surface area (TPSA) is 90.2 Å². The number of aliphatic carboxylic acids is 1. The second kappa shape index (κ2) is 3.04. The van der Waals surface area contributed by atoms with Crippen molar-refractivity contribution in [3.63, 3.8) is 0 Å². The van der Waals surface area contributed by atoms with Crippen LogP contribution in [0.4, 0.5) is 4.79 Å². The van der Waals surface area contributed by atoms with Crippen LogP contribution in [0.3, 0.4) is 0 Å². The summed E-state index contributed by atoms with van der Waals surface area (Å²) >= 11 is 0. The van der Waals surface area contributed by atoms with Gasteiger partial charge in [-0.2, -0.15) is 0 Å². The highest BCUT2D eigenvalue weighted by Gasteiger charge is 2.15. The Kier molecular flexibility index (Phi) is 2.09. The quantitative estimate of drug-likeness (QED) is 0.578. The highest BCUT2D eigenvalue weighted by atomic mass is 16.4. The Morgan fingerprint density at radius 1 is 1.50 bits per heavy atom. The molecule has 1 aliphatic heterocycles. The summed E-state index contributed by atoms with van der Waals surface area (Å²) in [6.07, 6.45) is 0.935. The number of nitrogens with zero attached hydrogens (tertiary/aromatic N) is 2. The third kappa shape index (κ3) is 1.60. The van der Waals surface area contributed by atoms with Crippen LogP contribution in [0.5, 0.6) is 0 Å². The lowest BCUT2D eigenvalue weighted by Gasteiger charge is -2.14. The van der Waals surface area contributed by atoms with Crippen molar-refractivity contribution in [1.82, 2.24) is 4.90 Å². The van der Waals surface area contributed by atoms with Gasteiger partial charge in [0.05, 0.1) is 5.57 Å². The average Bonchev–Trinajstić information content (AvgIpc) is 2.04. The van der Waals surface area contributed by atoms with E-state index >= 15 is 0 Å². The lowest BCUT2D eigenvalue weighted by atomic mass is 10.3. The molecule has 64 valence electrons. The zero-order valence-corrected chi connectivity index (χ0v) is 5.97. The van der Waals surface area contributed by atoms with Gasteiger partial charge in [0, 0.05) is 12.4 Å². The van der Waals surface area contributed by atoms with Crippen molar-refractivity contribution in [3.8, 4) is 0 Å².